The number of nitrogens with zero attached hydrogens (tertiary/aromatic N) is 1. The normalized spacial score (nSPS) is 39.2. The highest BCUT2D eigenvalue weighted by molar-refractivity contribution is 5.32. The van der Waals surface area contributed by atoms with Crippen molar-refractivity contribution in [2.45, 2.75) is 12.8 Å². The summed E-state index contributed by atoms with van der Waals surface area (Å²) in [6.07, 6.45) is 4.27. The third-order valence-corrected chi connectivity index (χ3v) is 3.30. The Bertz CT molecular complexity index is 195. The molecule has 0 spiro atoms. The molecule has 1 saturated carbocycles. The van der Waals surface area contributed by atoms with Gasteiger partial charge in [-0.2, -0.15) is 0 Å². The molecule has 2 unspecified atom stereocenters. The molecule has 3 nitrogen and oxygen atoms in total. The predicted molar refractivity (Wildman–Crippen MR) is 45.6 cm³/mol. The first kappa shape index (κ1) is 7.96. The molecule has 1 aliphatic heterocycles. The predicted octanol–water partition coefficient (Wildman–Crippen LogP) is 0.568. The maximum absolute atomic E-state index is 9.97. The minimum absolute atomic E-state index is 0.660. The molecule has 0 aromatic rings. The van der Waals surface area contributed by atoms with Crippen molar-refractivity contribution in [3.8, 4) is 0 Å². The van der Waals surface area contributed by atoms with E-state index in [-0.39, 0.29) is 0 Å². The van der Waals surface area contributed by atoms with Crippen molar-refractivity contribution >= 4 is 6.08 Å². The van der Waals surface area contributed by atoms with Gasteiger partial charge in [-0.25, -0.2) is 9.79 Å². The number of hydrogen-bond donors (Lipinski definition) is 1. The van der Waals surface area contributed by atoms with Crippen molar-refractivity contribution in [3.05, 3.63) is 0 Å². The van der Waals surface area contributed by atoms with Crippen LogP contribution in [0.5, 0.6) is 0 Å². The minimum atomic E-state index is 0.660. The molecule has 2 bridgehead atoms. The van der Waals surface area contributed by atoms with E-state index in [4.69, 9.17) is 0 Å². The standard InChI is InChI=1S/C9H14N2O/c12-6-11-5-9-7-1-2-8(9)4-10-3-7/h7-10H,1-5H2. The highest BCUT2D eigenvalue weighted by Crippen LogP contribution is 2.38. The Morgan fingerprint density at radius 2 is 2.00 bits per heavy atom. The molecule has 0 aromatic carbocycles. The third-order valence-electron chi connectivity index (χ3n) is 3.30. The van der Waals surface area contributed by atoms with Crippen molar-refractivity contribution in [1.29, 1.82) is 0 Å². The molecule has 0 radical (unpaired) electrons. The molecule has 3 heteroatoms. The molecule has 2 aliphatic rings. The molecule has 1 saturated heterocycles. The van der Waals surface area contributed by atoms with Gasteiger partial charge < -0.3 is 5.32 Å². The highest BCUT2D eigenvalue weighted by atomic mass is 16.1. The molecular weight excluding hydrogens is 152 g/mol. The van der Waals surface area contributed by atoms with E-state index >= 15 is 0 Å². The van der Waals surface area contributed by atoms with Crippen LogP contribution in [0.4, 0.5) is 0 Å². The van der Waals surface area contributed by atoms with Crippen LogP contribution in [0.1, 0.15) is 12.8 Å². The average molecular weight is 166 g/mol. The molecule has 0 amide bonds. The van der Waals surface area contributed by atoms with Crippen molar-refractivity contribution in [3.63, 3.8) is 0 Å². The van der Waals surface area contributed by atoms with Crippen LogP contribution >= 0.6 is 0 Å². The van der Waals surface area contributed by atoms with Crippen LogP contribution in [-0.4, -0.2) is 25.7 Å². The molecule has 66 valence electrons. The number of rotatable bonds is 2. The summed E-state index contributed by atoms with van der Waals surface area (Å²) in [5, 5.41) is 3.41. The van der Waals surface area contributed by atoms with Gasteiger partial charge in [0.2, 0.25) is 6.08 Å². The number of carbonyl (C=O) groups excluding carboxylic acids is 1. The summed E-state index contributed by atoms with van der Waals surface area (Å²) < 4.78 is 0. The highest BCUT2D eigenvalue weighted by Gasteiger charge is 2.38. The maximum atomic E-state index is 9.97. The first-order valence-corrected chi connectivity index (χ1v) is 4.66. The van der Waals surface area contributed by atoms with E-state index in [9.17, 15) is 4.79 Å². The number of hydrogen-bond acceptors (Lipinski definition) is 3. The van der Waals surface area contributed by atoms with Crippen LogP contribution in [0.25, 0.3) is 0 Å². The first-order valence-electron chi connectivity index (χ1n) is 4.66. The Labute approximate surface area is 72.3 Å². The summed E-state index contributed by atoms with van der Waals surface area (Å²) >= 11 is 0. The number of piperidine rings is 1. The topological polar surface area (TPSA) is 41.5 Å². The van der Waals surface area contributed by atoms with E-state index in [1.54, 1.807) is 6.08 Å². The quantitative estimate of drug-likeness (QED) is 0.481. The fraction of sp³-hybridized carbons (Fsp3) is 0.889. The Hall–Kier alpha value is -0.660. The second-order valence-corrected chi connectivity index (χ2v) is 3.85. The number of nitrogens with one attached hydrogen (secondary N) is 1. The lowest BCUT2D eigenvalue weighted by atomic mass is 9.86. The molecule has 0 aromatic heterocycles. The Balaban J connectivity index is 2.00. The van der Waals surface area contributed by atoms with Crippen molar-refractivity contribution in [2.75, 3.05) is 19.6 Å². The number of isocyanates is 1. The van der Waals surface area contributed by atoms with Gasteiger partial charge in [0.05, 0.1) is 6.54 Å². The van der Waals surface area contributed by atoms with Gasteiger partial charge >= 0.3 is 0 Å². The van der Waals surface area contributed by atoms with Crippen molar-refractivity contribution < 1.29 is 4.79 Å². The lowest BCUT2D eigenvalue weighted by molar-refractivity contribution is 0.253. The summed E-state index contributed by atoms with van der Waals surface area (Å²) in [6.45, 7) is 2.95. The average Bonchev–Trinajstić information content (AvgIpc) is 2.36. The Morgan fingerprint density at radius 1 is 1.33 bits per heavy atom. The van der Waals surface area contributed by atoms with E-state index in [0.29, 0.717) is 12.5 Å². The van der Waals surface area contributed by atoms with E-state index in [0.717, 1.165) is 24.9 Å². The molecule has 2 fully saturated rings. The SMILES string of the molecule is O=C=NCC1C2CCC1CNC2. The summed E-state index contributed by atoms with van der Waals surface area (Å²) in [5.41, 5.74) is 0. The first-order chi connectivity index (χ1) is 5.92. The summed E-state index contributed by atoms with van der Waals surface area (Å²) in [4.78, 5) is 13.7. The molecule has 1 aliphatic carbocycles. The zero-order valence-corrected chi connectivity index (χ0v) is 7.12. The van der Waals surface area contributed by atoms with Crippen LogP contribution in [0.15, 0.2) is 4.99 Å². The lowest BCUT2D eigenvalue weighted by Crippen LogP contribution is -2.39. The Morgan fingerprint density at radius 3 is 2.58 bits per heavy atom. The van der Waals surface area contributed by atoms with E-state index < -0.39 is 0 Å². The zero-order chi connectivity index (χ0) is 8.39. The monoisotopic (exact) mass is 166 g/mol. The fourth-order valence-electron chi connectivity index (χ4n) is 2.64. The van der Waals surface area contributed by atoms with Crippen molar-refractivity contribution in [2.24, 2.45) is 22.7 Å². The van der Waals surface area contributed by atoms with Crippen LogP contribution in [0.2, 0.25) is 0 Å². The van der Waals surface area contributed by atoms with E-state index in [1.165, 1.54) is 12.8 Å². The second-order valence-electron chi connectivity index (χ2n) is 3.85. The third kappa shape index (κ3) is 1.30. The number of aliphatic imine (C=N–C) groups is 1. The second kappa shape index (κ2) is 3.38. The van der Waals surface area contributed by atoms with Crippen LogP contribution in [0, 0.1) is 17.8 Å². The van der Waals surface area contributed by atoms with Crippen LogP contribution < -0.4 is 5.32 Å². The van der Waals surface area contributed by atoms with Gasteiger partial charge in [-0.1, -0.05) is 0 Å². The molecule has 2 atom stereocenters. The molecule has 2 rings (SSSR count). The van der Waals surface area contributed by atoms with Crippen molar-refractivity contribution in [1.82, 2.24) is 5.32 Å². The largest absolute Gasteiger partial charge is 0.316 e. The van der Waals surface area contributed by atoms with Gasteiger partial charge in [-0.05, 0) is 43.7 Å². The smallest absolute Gasteiger partial charge is 0.234 e. The summed E-state index contributed by atoms with van der Waals surface area (Å²) in [7, 11) is 0. The lowest BCUT2D eigenvalue weighted by Gasteiger charge is -2.28. The van der Waals surface area contributed by atoms with Crippen LogP contribution in [-0.2, 0) is 4.79 Å². The molecule has 1 heterocycles. The van der Waals surface area contributed by atoms with Gasteiger partial charge in [-0.3, -0.25) is 0 Å². The minimum Gasteiger partial charge on any atom is -0.316 e. The summed E-state index contributed by atoms with van der Waals surface area (Å²) in [5.74, 6) is 2.19. The zero-order valence-electron chi connectivity index (χ0n) is 7.12. The van der Waals surface area contributed by atoms with Gasteiger partial charge in [0, 0.05) is 0 Å². The fourth-order valence-corrected chi connectivity index (χ4v) is 2.64. The van der Waals surface area contributed by atoms with Gasteiger partial charge in [-0.15, -0.1) is 0 Å². The molecule has 12 heavy (non-hydrogen) atoms. The van der Waals surface area contributed by atoms with Gasteiger partial charge in [0.15, 0.2) is 0 Å². The number of fused-ring (bicyclic) bond motifs is 2. The van der Waals surface area contributed by atoms with Crippen LogP contribution in [0.3, 0.4) is 0 Å². The van der Waals surface area contributed by atoms with E-state index in [2.05, 4.69) is 10.3 Å². The van der Waals surface area contributed by atoms with Gasteiger partial charge in [0.1, 0.15) is 0 Å². The van der Waals surface area contributed by atoms with E-state index in [1.807, 2.05) is 0 Å². The Kier molecular flexibility index (Phi) is 2.24. The maximum Gasteiger partial charge on any atom is 0.234 e. The summed E-state index contributed by atoms with van der Waals surface area (Å²) in [6, 6.07) is 0. The molecular formula is C9H14N2O. The van der Waals surface area contributed by atoms with Gasteiger partial charge in [0.25, 0.3) is 0 Å². The molecule has 1 N–H and O–H groups in total.